The highest BCUT2D eigenvalue weighted by Crippen LogP contribution is 2.24. The van der Waals surface area contributed by atoms with E-state index in [1.807, 2.05) is 49.4 Å². The Kier molecular flexibility index (Phi) is 10.9. The van der Waals surface area contributed by atoms with Gasteiger partial charge in [-0.05, 0) is 36.8 Å². The number of rotatable bonds is 8. The minimum Gasteiger partial charge on any atom is -0.497 e. The fraction of sp³-hybridized carbons (Fsp3) is 0.333. The molecule has 0 unspecified atom stereocenters. The Labute approximate surface area is 189 Å². The number of aliphatic imine (C=N–C) groups is 1. The average molecular weight is 512 g/mol. The van der Waals surface area contributed by atoms with Crippen LogP contribution in [0.4, 0.5) is 5.69 Å². The van der Waals surface area contributed by atoms with Crippen molar-refractivity contribution in [2.75, 3.05) is 26.1 Å². The molecule has 0 heterocycles. The lowest BCUT2D eigenvalue weighted by molar-refractivity contribution is -0.114. The fourth-order valence-electron chi connectivity index (χ4n) is 2.64. The Morgan fingerprint density at radius 2 is 1.86 bits per heavy atom. The first kappa shape index (κ1) is 24.5. The summed E-state index contributed by atoms with van der Waals surface area (Å²) < 4.78 is 10.7. The average Bonchev–Trinajstić information content (AvgIpc) is 2.69. The quantitative estimate of drug-likeness (QED) is 0.287. The lowest BCUT2D eigenvalue weighted by Gasteiger charge is -2.14. The van der Waals surface area contributed by atoms with Crippen LogP contribution >= 0.6 is 24.0 Å². The van der Waals surface area contributed by atoms with E-state index >= 15 is 0 Å². The summed E-state index contributed by atoms with van der Waals surface area (Å²) in [6, 6.07) is 13.4. The molecule has 29 heavy (non-hydrogen) atoms. The van der Waals surface area contributed by atoms with Crippen molar-refractivity contribution in [3.63, 3.8) is 0 Å². The van der Waals surface area contributed by atoms with Crippen LogP contribution in [0.5, 0.6) is 11.5 Å². The van der Waals surface area contributed by atoms with Crippen molar-refractivity contribution >= 4 is 41.5 Å². The van der Waals surface area contributed by atoms with E-state index in [-0.39, 0.29) is 29.9 Å². The van der Waals surface area contributed by atoms with Crippen molar-refractivity contribution in [1.82, 2.24) is 10.6 Å². The maximum absolute atomic E-state index is 11.2. The van der Waals surface area contributed by atoms with E-state index in [2.05, 4.69) is 20.9 Å². The smallest absolute Gasteiger partial charge is 0.221 e. The molecular formula is C21H29IN4O3. The van der Waals surface area contributed by atoms with Crippen molar-refractivity contribution in [3.8, 4) is 11.5 Å². The molecule has 0 radical (unpaired) electrons. The largest absolute Gasteiger partial charge is 0.497 e. The van der Waals surface area contributed by atoms with Gasteiger partial charge in [0, 0.05) is 37.3 Å². The zero-order valence-corrected chi connectivity index (χ0v) is 19.6. The number of hydrogen-bond donors (Lipinski definition) is 3. The third kappa shape index (κ3) is 8.18. The summed E-state index contributed by atoms with van der Waals surface area (Å²) >= 11 is 0. The predicted molar refractivity (Wildman–Crippen MR) is 127 cm³/mol. The van der Waals surface area contributed by atoms with E-state index < -0.39 is 0 Å². The van der Waals surface area contributed by atoms with Crippen molar-refractivity contribution < 1.29 is 14.3 Å². The number of carbonyl (C=O) groups is 1. The summed E-state index contributed by atoms with van der Waals surface area (Å²) in [5.74, 6) is 2.11. The number of halogens is 1. The van der Waals surface area contributed by atoms with Crippen LogP contribution in [0.3, 0.4) is 0 Å². The van der Waals surface area contributed by atoms with Gasteiger partial charge in [-0.2, -0.15) is 0 Å². The van der Waals surface area contributed by atoms with Gasteiger partial charge < -0.3 is 25.4 Å². The van der Waals surface area contributed by atoms with Gasteiger partial charge in [0.1, 0.15) is 11.5 Å². The molecule has 2 rings (SSSR count). The highest BCUT2D eigenvalue weighted by Gasteiger charge is 2.06. The number of amides is 1. The first-order valence-electron chi connectivity index (χ1n) is 9.15. The van der Waals surface area contributed by atoms with Crippen molar-refractivity contribution in [3.05, 3.63) is 53.6 Å². The van der Waals surface area contributed by atoms with E-state index in [0.29, 0.717) is 19.0 Å². The predicted octanol–water partition coefficient (Wildman–Crippen LogP) is 3.54. The standard InChI is InChI=1S/C21H28N4O3.HI/c1-5-22-21(23-13-16-7-6-8-18(11-16)25-15(2)26)24-14-17-9-10-19(27-3)12-20(17)28-4;/h6-12H,5,13-14H2,1-4H3,(H,25,26)(H2,22,23,24);1H. The Morgan fingerprint density at radius 1 is 1.07 bits per heavy atom. The number of ether oxygens (including phenoxy) is 2. The number of guanidine groups is 1. The molecule has 0 aliphatic carbocycles. The minimum atomic E-state index is -0.0934. The van der Waals surface area contributed by atoms with Crippen LogP contribution in [-0.4, -0.2) is 32.6 Å². The molecule has 0 saturated heterocycles. The maximum atomic E-state index is 11.2. The molecule has 158 valence electrons. The van der Waals surface area contributed by atoms with Crippen molar-refractivity contribution in [1.29, 1.82) is 0 Å². The van der Waals surface area contributed by atoms with Gasteiger partial charge in [-0.25, -0.2) is 4.99 Å². The van der Waals surface area contributed by atoms with Crippen LogP contribution in [-0.2, 0) is 17.9 Å². The summed E-state index contributed by atoms with van der Waals surface area (Å²) in [6.45, 7) is 5.30. The molecule has 0 saturated carbocycles. The lowest BCUT2D eigenvalue weighted by atomic mass is 10.2. The molecule has 0 fully saturated rings. The third-order valence-electron chi connectivity index (χ3n) is 3.95. The maximum Gasteiger partial charge on any atom is 0.221 e. The van der Waals surface area contributed by atoms with Gasteiger partial charge >= 0.3 is 0 Å². The van der Waals surface area contributed by atoms with Crippen molar-refractivity contribution in [2.24, 2.45) is 4.99 Å². The van der Waals surface area contributed by atoms with Crippen LogP contribution in [0.15, 0.2) is 47.5 Å². The second kappa shape index (κ2) is 12.9. The summed E-state index contributed by atoms with van der Waals surface area (Å²) in [6.07, 6.45) is 0. The molecule has 2 aromatic rings. The Hall–Kier alpha value is -2.49. The molecule has 0 aliphatic rings. The van der Waals surface area contributed by atoms with Gasteiger partial charge in [0.25, 0.3) is 0 Å². The zero-order valence-electron chi connectivity index (χ0n) is 17.2. The molecule has 0 bridgehead atoms. The van der Waals surface area contributed by atoms with Gasteiger partial charge in [-0.3, -0.25) is 4.79 Å². The number of carbonyl (C=O) groups excluding carboxylic acids is 1. The second-order valence-electron chi connectivity index (χ2n) is 6.11. The van der Waals surface area contributed by atoms with Crippen LogP contribution in [0, 0.1) is 0 Å². The first-order valence-corrected chi connectivity index (χ1v) is 9.15. The molecule has 3 N–H and O–H groups in total. The van der Waals surface area contributed by atoms with Crippen LogP contribution in [0.1, 0.15) is 25.0 Å². The molecular weight excluding hydrogens is 483 g/mol. The molecule has 0 atom stereocenters. The monoisotopic (exact) mass is 512 g/mol. The number of nitrogens with zero attached hydrogens (tertiary/aromatic N) is 1. The van der Waals surface area contributed by atoms with Crippen molar-refractivity contribution in [2.45, 2.75) is 26.9 Å². The summed E-state index contributed by atoms with van der Waals surface area (Å²) in [4.78, 5) is 15.8. The number of methoxy groups -OCH3 is 2. The SMILES string of the molecule is CCNC(=NCc1cccc(NC(C)=O)c1)NCc1ccc(OC)cc1OC.I. The van der Waals surface area contributed by atoms with Crippen LogP contribution in [0.25, 0.3) is 0 Å². The van der Waals surface area contributed by atoms with Gasteiger partial charge in [0.2, 0.25) is 5.91 Å². The Morgan fingerprint density at radius 3 is 2.52 bits per heavy atom. The molecule has 7 nitrogen and oxygen atoms in total. The topological polar surface area (TPSA) is 84.0 Å². The van der Waals surface area contributed by atoms with E-state index in [9.17, 15) is 4.79 Å². The Balaban J connectivity index is 0.00000420. The molecule has 8 heteroatoms. The normalized spacial score (nSPS) is 10.6. The van der Waals surface area contributed by atoms with E-state index in [4.69, 9.17) is 9.47 Å². The zero-order chi connectivity index (χ0) is 20.4. The molecule has 2 aromatic carbocycles. The van der Waals surface area contributed by atoms with Gasteiger partial charge in [0.15, 0.2) is 5.96 Å². The summed E-state index contributed by atoms with van der Waals surface area (Å²) in [5.41, 5.74) is 2.77. The molecule has 1 amide bonds. The lowest BCUT2D eigenvalue weighted by Crippen LogP contribution is -2.36. The molecule has 0 aromatic heterocycles. The number of hydrogen-bond acceptors (Lipinski definition) is 4. The van der Waals surface area contributed by atoms with E-state index in [1.54, 1.807) is 14.2 Å². The number of benzene rings is 2. The summed E-state index contributed by atoms with van der Waals surface area (Å²) in [5, 5.41) is 9.33. The fourth-order valence-corrected chi connectivity index (χ4v) is 2.64. The van der Waals surface area contributed by atoms with Gasteiger partial charge in [-0.1, -0.05) is 12.1 Å². The first-order chi connectivity index (χ1) is 13.5. The highest BCUT2D eigenvalue weighted by molar-refractivity contribution is 14.0. The Bertz CT molecular complexity index is 827. The summed E-state index contributed by atoms with van der Waals surface area (Å²) in [7, 11) is 3.27. The number of nitrogens with one attached hydrogen (secondary N) is 3. The third-order valence-corrected chi connectivity index (χ3v) is 3.95. The second-order valence-corrected chi connectivity index (χ2v) is 6.11. The molecule has 0 spiro atoms. The van der Waals surface area contributed by atoms with Gasteiger partial charge in [0.05, 0.1) is 20.8 Å². The minimum absolute atomic E-state index is 0. The van der Waals surface area contributed by atoms with E-state index in [0.717, 1.165) is 34.9 Å². The van der Waals surface area contributed by atoms with Crippen LogP contribution < -0.4 is 25.4 Å². The molecule has 0 aliphatic heterocycles. The highest BCUT2D eigenvalue weighted by atomic mass is 127. The van der Waals surface area contributed by atoms with E-state index in [1.165, 1.54) is 6.92 Å². The van der Waals surface area contributed by atoms with Gasteiger partial charge in [-0.15, -0.1) is 24.0 Å². The van der Waals surface area contributed by atoms with Crippen LogP contribution in [0.2, 0.25) is 0 Å². The number of anilines is 1.